The normalized spacial score (nSPS) is 16.4. The molecule has 1 aromatic heterocycles. The molecule has 3 N–H and O–H groups in total. The number of nitrogens with two attached hydrogens (primary N) is 1. The van der Waals surface area contributed by atoms with E-state index in [-0.39, 0.29) is 11.0 Å². The van der Waals surface area contributed by atoms with Crippen molar-refractivity contribution in [2.75, 3.05) is 5.43 Å². The third-order valence-corrected chi connectivity index (χ3v) is 6.66. The van der Waals surface area contributed by atoms with Gasteiger partial charge in [0, 0.05) is 17.5 Å². The van der Waals surface area contributed by atoms with Gasteiger partial charge in [-0.2, -0.15) is 0 Å². The van der Waals surface area contributed by atoms with Crippen molar-refractivity contribution >= 4 is 5.95 Å². The Labute approximate surface area is 170 Å². The maximum atomic E-state index is 13.8. The number of fused-ring (bicyclic) bond motifs is 4. The first-order valence-electron chi connectivity index (χ1n) is 10.5. The Hall–Kier alpha value is -2.92. The minimum atomic E-state index is -0.0879. The van der Waals surface area contributed by atoms with Crippen molar-refractivity contribution in [2.45, 2.75) is 50.5 Å². The van der Waals surface area contributed by atoms with Crippen molar-refractivity contribution in [3.63, 3.8) is 0 Å². The highest BCUT2D eigenvalue weighted by molar-refractivity contribution is 5.72. The Kier molecular flexibility index (Phi) is 4.47. The summed E-state index contributed by atoms with van der Waals surface area (Å²) < 4.78 is 1.74. The van der Waals surface area contributed by atoms with Crippen molar-refractivity contribution in [1.82, 2.24) is 9.55 Å². The molecule has 1 heterocycles. The average Bonchev–Trinajstić information content (AvgIpc) is 3.21. The quantitative estimate of drug-likeness (QED) is 0.528. The number of hydrogen-bond donors (Lipinski definition) is 2. The zero-order chi connectivity index (χ0) is 19.8. The lowest BCUT2D eigenvalue weighted by molar-refractivity contribution is 0.421. The lowest BCUT2D eigenvalue weighted by Gasteiger charge is -2.36. The third kappa shape index (κ3) is 2.97. The van der Waals surface area contributed by atoms with E-state index in [0.717, 1.165) is 42.5 Å². The van der Waals surface area contributed by atoms with E-state index in [1.165, 1.54) is 24.0 Å². The molecule has 5 nitrogen and oxygen atoms in total. The summed E-state index contributed by atoms with van der Waals surface area (Å²) in [6.45, 7) is 0.556. The number of nitrogen functional groups attached to an aromatic ring is 1. The second-order valence-corrected chi connectivity index (χ2v) is 8.32. The van der Waals surface area contributed by atoms with E-state index in [1.807, 2.05) is 24.3 Å². The number of aromatic nitrogens is 2. The Morgan fingerprint density at radius 1 is 1.03 bits per heavy atom. The van der Waals surface area contributed by atoms with Crippen LogP contribution in [0.2, 0.25) is 0 Å². The van der Waals surface area contributed by atoms with Crippen molar-refractivity contribution < 1.29 is 0 Å². The number of nitrogens with zero attached hydrogens (tertiary/aromatic N) is 2. The second-order valence-electron chi connectivity index (χ2n) is 8.32. The second kappa shape index (κ2) is 7.16. The van der Waals surface area contributed by atoms with E-state index in [4.69, 9.17) is 10.8 Å². The molecular weight excluding hydrogens is 360 g/mol. The van der Waals surface area contributed by atoms with Crippen LogP contribution in [-0.4, -0.2) is 9.55 Å². The van der Waals surface area contributed by atoms with Gasteiger partial charge in [0.25, 0.3) is 5.56 Å². The number of aryl methyl sites for hydroxylation is 1. The van der Waals surface area contributed by atoms with E-state index in [9.17, 15) is 4.79 Å². The van der Waals surface area contributed by atoms with Gasteiger partial charge >= 0.3 is 0 Å². The lowest BCUT2D eigenvalue weighted by atomic mass is 9.68. The van der Waals surface area contributed by atoms with Gasteiger partial charge in [0.05, 0.1) is 11.3 Å². The highest BCUT2D eigenvalue weighted by Crippen LogP contribution is 2.49. The molecule has 2 aromatic carbocycles. The molecule has 2 aliphatic carbocycles. The van der Waals surface area contributed by atoms with Crippen LogP contribution in [0.1, 0.15) is 42.4 Å². The molecule has 1 saturated carbocycles. The summed E-state index contributed by atoms with van der Waals surface area (Å²) in [6, 6.07) is 18.6. The molecule has 1 spiro atoms. The van der Waals surface area contributed by atoms with Gasteiger partial charge in [-0.05, 0) is 36.8 Å². The van der Waals surface area contributed by atoms with Crippen LogP contribution >= 0.6 is 0 Å². The molecular formula is C24H26N4O. The average molecular weight is 386 g/mol. The molecule has 0 saturated heterocycles. The molecule has 0 aliphatic heterocycles. The molecule has 0 amide bonds. The summed E-state index contributed by atoms with van der Waals surface area (Å²) in [6.07, 6.45) is 6.14. The van der Waals surface area contributed by atoms with Gasteiger partial charge < -0.3 is 0 Å². The summed E-state index contributed by atoms with van der Waals surface area (Å²) >= 11 is 0. The molecule has 29 heavy (non-hydrogen) atoms. The maximum Gasteiger partial charge on any atom is 0.259 e. The van der Waals surface area contributed by atoms with Gasteiger partial charge in [0.1, 0.15) is 0 Å². The predicted octanol–water partition coefficient (Wildman–Crippen LogP) is 3.81. The van der Waals surface area contributed by atoms with Gasteiger partial charge in [-0.3, -0.25) is 14.8 Å². The highest BCUT2D eigenvalue weighted by atomic mass is 16.1. The van der Waals surface area contributed by atoms with Crippen LogP contribution in [-0.2, 0) is 24.8 Å². The summed E-state index contributed by atoms with van der Waals surface area (Å²) in [4.78, 5) is 18.7. The summed E-state index contributed by atoms with van der Waals surface area (Å²) in [7, 11) is 0. The Bertz CT molecular complexity index is 1100. The fourth-order valence-corrected chi connectivity index (χ4v) is 5.27. The van der Waals surface area contributed by atoms with E-state index < -0.39 is 0 Å². The van der Waals surface area contributed by atoms with Gasteiger partial charge in [-0.25, -0.2) is 10.8 Å². The molecule has 3 aromatic rings. The summed E-state index contributed by atoms with van der Waals surface area (Å²) in [5.41, 5.74) is 7.95. The van der Waals surface area contributed by atoms with Crippen LogP contribution < -0.4 is 16.8 Å². The number of hydrogen-bond acceptors (Lipinski definition) is 4. The van der Waals surface area contributed by atoms with E-state index in [0.29, 0.717) is 12.5 Å². The Morgan fingerprint density at radius 3 is 2.52 bits per heavy atom. The van der Waals surface area contributed by atoms with E-state index in [2.05, 4.69) is 35.8 Å². The zero-order valence-corrected chi connectivity index (χ0v) is 16.5. The summed E-state index contributed by atoms with van der Waals surface area (Å²) in [5.74, 6) is 6.25. The third-order valence-electron chi connectivity index (χ3n) is 6.66. The molecule has 0 atom stereocenters. The molecule has 1 fully saturated rings. The number of benzene rings is 2. The maximum absolute atomic E-state index is 13.8. The van der Waals surface area contributed by atoms with Crippen LogP contribution in [0.5, 0.6) is 0 Å². The fraction of sp³-hybridized carbons (Fsp3) is 0.333. The van der Waals surface area contributed by atoms with Crippen molar-refractivity contribution in [2.24, 2.45) is 5.84 Å². The van der Waals surface area contributed by atoms with E-state index in [1.54, 1.807) is 4.57 Å². The number of rotatable bonds is 4. The number of anilines is 1. The molecule has 0 bridgehead atoms. The molecule has 2 aliphatic rings. The number of nitrogens with one attached hydrogen (secondary N) is 1. The molecule has 148 valence electrons. The van der Waals surface area contributed by atoms with Crippen LogP contribution in [0.15, 0.2) is 59.4 Å². The van der Waals surface area contributed by atoms with Crippen molar-refractivity contribution in [3.05, 3.63) is 81.6 Å². The highest BCUT2D eigenvalue weighted by Gasteiger charge is 2.44. The smallest absolute Gasteiger partial charge is 0.259 e. The van der Waals surface area contributed by atoms with Crippen molar-refractivity contribution in [3.8, 4) is 11.3 Å². The molecule has 5 heteroatoms. The monoisotopic (exact) mass is 386 g/mol. The first-order valence-corrected chi connectivity index (χ1v) is 10.5. The minimum Gasteiger partial charge on any atom is -0.294 e. The van der Waals surface area contributed by atoms with Crippen LogP contribution in [0.3, 0.4) is 0 Å². The van der Waals surface area contributed by atoms with Crippen LogP contribution in [0, 0.1) is 0 Å². The zero-order valence-electron chi connectivity index (χ0n) is 16.5. The predicted molar refractivity (Wildman–Crippen MR) is 116 cm³/mol. The van der Waals surface area contributed by atoms with Gasteiger partial charge in [-0.1, -0.05) is 67.4 Å². The first kappa shape index (κ1) is 18.1. The standard InChI is InChI=1S/C24H26N4O/c25-27-23-26-21-19-11-5-4-10-18(19)16-24(13-6-7-14-24)20(21)22(29)28(23)15-12-17-8-2-1-3-9-17/h1-5,8-11H,6-7,12-16,25H2,(H,26,27). The van der Waals surface area contributed by atoms with Gasteiger partial charge in [0.2, 0.25) is 5.95 Å². The van der Waals surface area contributed by atoms with Gasteiger partial charge in [0.15, 0.2) is 0 Å². The van der Waals surface area contributed by atoms with Crippen molar-refractivity contribution in [1.29, 1.82) is 0 Å². The minimum absolute atomic E-state index is 0.0651. The molecule has 0 radical (unpaired) electrons. The topological polar surface area (TPSA) is 72.9 Å². The fourth-order valence-electron chi connectivity index (χ4n) is 5.27. The van der Waals surface area contributed by atoms with Crippen LogP contribution in [0.25, 0.3) is 11.3 Å². The largest absolute Gasteiger partial charge is 0.294 e. The SMILES string of the molecule is NNc1nc2c(c(=O)n1CCc1ccccc1)C1(CCCC1)Cc1ccccc1-2. The lowest BCUT2D eigenvalue weighted by Crippen LogP contribution is -2.41. The Morgan fingerprint density at radius 2 is 1.76 bits per heavy atom. The number of hydrazine groups is 1. The first-order chi connectivity index (χ1) is 14.2. The molecule has 5 rings (SSSR count). The Balaban J connectivity index is 1.67. The molecule has 0 unspecified atom stereocenters. The van der Waals surface area contributed by atoms with Crippen LogP contribution in [0.4, 0.5) is 5.95 Å². The summed E-state index contributed by atoms with van der Waals surface area (Å²) in [5, 5.41) is 0. The van der Waals surface area contributed by atoms with Gasteiger partial charge in [-0.15, -0.1) is 0 Å². The van der Waals surface area contributed by atoms with E-state index >= 15 is 0 Å².